The average Bonchev–Trinajstić information content (AvgIpc) is 2.76. The smallest absolute Gasteiger partial charge is 0.230 e. The van der Waals surface area contributed by atoms with Crippen molar-refractivity contribution in [3.8, 4) is 11.4 Å². The first-order valence-corrected chi connectivity index (χ1v) is 6.67. The summed E-state index contributed by atoms with van der Waals surface area (Å²) in [4.78, 5) is 8.60. The number of pyridine rings is 1. The second-order valence-electron chi connectivity index (χ2n) is 4.89. The molecule has 1 aliphatic rings. The second kappa shape index (κ2) is 5.29. The molecule has 18 heavy (non-hydrogen) atoms. The van der Waals surface area contributed by atoms with Crippen LogP contribution in [0.25, 0.3) is 11.4 Å². The highest BCUT2D eigenvalue weighted by atomic mass is 16.5. The van der Waals surface area contributed by atoms with Crippen LogP contribution in [-0.2, 0) is 0 Å². The lowest BCUT2D eigenvalue weighted by molar-refractivity contribution is 0.341. The van der Waals surface area contributed by atoms with Gasteiger partial charge in [0.2, 0.25) is 11.7 Å². The molecule has 0 saturated heterocycles. The lowest BCUT2D eigenvalue weighted by Gasteiger charge is -2.06. The monoisotopic (exact) mass is 243 g/mol. The maximum atomic E-state index is 5.43. The molecule has 0 aliphatic heterocycles. The minimum atomic E-state index is 0.449. The standard InChI is InChI=1S/C14H17N3O/c1-2-4-7-11(6-3-1)14-16-13(17-18-14)12-8-5-9-15-10-12/h5,8-11H,1-4,6-7H2. The van der Waals surface area contributed by atoms with E-state index in [1.165, 1.54) is 38.5 Å². The van der Waals surface area contributed by atoms with Crippen molar-refractivity contribution in [1.29, 1.82) is 0 Å². The van der Waals surface area contributed by atoms with Crippen LogP contribution >= 0.6 is 0 Å². The van der Waals surface area contributed by atoms with Gasteiger partial charge in [-0.05, 0) is 25.0 Å². The molecule has 0 atom stereocenters. The highest BCUT2D eigenvalue weighted by Gasteiger charge is 2.20. The molecule has 0 N–H and O–H groups in total. The van der Waals surface area contributed by atoms with E-state index in [1.807, 2.05) is 12.1 Å². The number of rotatable bonds is 2. The Hall–Kier alpha value is -1.71. The Morgan fingerprint density at radius 1 is 1.11 bits per heavy atom. The minimum absolute atomic E-state index is 0.449. The SMILES string of the molecule is c1cncc(-c2noc(C3CCCCCC3)n2)c1. The normalized spacial score (nSPS) is 17.6. The van der Waals surface area contributed by atoms with E-state index in [0.29, 0.717) is 11.7 Å². The van der Waals surface area contributed by atoms with Gasteiger partial charge in [-0.15, -0.1) is 0 Å². The quantitative estimate of drug-likeness (QED) is 0.756. The zero-order chi connectivity index (χ0) is 12.2. The van der Waals surface area contributed by atoms with Gasteiger partial charge >= 0.3 is 0 Å². The van der Waals surface area contributed by atoms with Crippen LogP contribution < -0.4 is 0 Å². The summed E-state index contributed by atoms with van der Waals surface area (Å²) in [5.74, 6) is 1.91. The molecule has 2 aromatic heterocycles. The molecule has 3 rings (SSSR count). The van der Waals surface area contributed by atoms with Gasteiger partial charge in [0, 0.05) is 23.9 Å². The Morgan fingerprint density at radius 2 is 1.94 bits per heavy atom. The van der Waals surface area contributed by atoms with Crippen molar-refractivity contribution < 1.29 is 4.52 Å². The van der Waals surface area contributed by atoms with Gasteiger partial charge in [0.05, 0.1) is 0 Å². The van der Waals surface area contributed by atoms with Crippen LogP contribution in [0, 0.1) is 0 Å². The lowest BCUT2D eigenvalue weighted by Crippen LogP contribution is -1.97. The predicted molar refractivity (Wildman–Crippen MR) is 68.0 cm³/mol. The van der Waals surface area contributed by atoms with E-state index in [4.69, 9.17) is 4.52 Å². The minimum Gasteiger partial charge on any atom is -0.339 e. The molecule has 0 amide bonds. The highest BCUT2D eigenvalue weighted by molar-refractivity contribution is 5.51. The van der Waals surface area contributed by atoms with E-state index in [0.717, 1.165) is 11.5 Å². The summed E-state index contributed by atoms with van der Waals surface area (Å²) in [6, 6.07) is 3.84. The summed E-state index contributed by atoms with van der Waals surface area (Å²) in [7, 11) is 0. The maximum absolute atomic E-state index is 5.43. The first-order chi connectivity index (χ1) is 8.93. The molecule has 0 radical (unpaired) electrons. The summed E-state index contributed by atoms with van der Waals surface area (Å²) in [5.41, 5.74) is 0.918. The zero-order valence-corrected chi connectivity index (χ0v) is 10.4. The van der Waals surface area contributed by atoms with Crippen molar-refractivity contribution in [1.82, 2.24) is 15.1 Å². The Labute approximate surface area is 106 Å². The number of hydrogen-bond acceptors (Lipinski definition) is 4. The van der Waals surface area contributed by atoms with Gasteiger partial charge in [0.15, 0.2) is 0 Å². The molecule has 2 heterocycles. The molecule has 1 aliphatic carbocycles. The second-order valence-corrected chi connectivity index (χ2v) is 4.89. The largest absolute Gasteiger partial charge is 0.339 e. The molecule has 0 spiro atoms. The molecule has 0 unspecified atom stereocenters. The van der Waals surface area contributed by atoms with Crippen molar-refractivity contribution in [3.05, 3.63) is 30.4 Å². The third-order valence-corrected chi connectivity index (χ3v) is 3.57. The fourth-order valence-electron chi connectivity index (χ4n) is 2.54. The van der Waals surface area contributed by atoms with Crippen molar-refractivity contribution >= 4 is 0 Å². The molecule has 1 fully saturated rings. The molecular formula is C14H17N3O. The van der Waals surface area contributed by atoms with Gasteiger partial charge in [-0.2, -0.15) is 4.98 Å². The molecular weight excluding hydrogens is 226 g/mol. The topological polar surface area (TPSA) is 51.8 Å². The van der Waals surface area contributed by atoms with Crippen LogP contribution in [-0.4, -0.2) is 15.1 Å². The number of aromatic nitrogens is 3. The number of hydrogen-bond donors (Lipinski definition) is 0. The van der Waals surface area contributed by atoms with E-state index in [-0.39, 0.29) is 0 Å². The van der Waals surface area contributed by atoms with E-state index < -0.39 is 0 Å². The fourth-order valence-corrected chi connectivity index (χ4v) is 2.54. The van der Waals surface area contributed by atoms with Crippen molar-refractivity contribution in [2.24, 2.45) is 0 Å². The van der Waals surface area contributed by atoms with Crippen molar-refractivity contribution in [2.75, 3.05) is 0 Å². The van der Waals surface area contributed by atoms with E-state index in [1.54, 1.807) is 12.4 Å². The van der Waals surface area contributed by atoms with Crippen LogP contribution in [0.3, 0.4) is 0 Å². The van der Waals surface area contributed by atoms with Crippen LogP contribution in [0.4, 0.5) is 0 Å². The molecule has 4 nitrogen and oxygen atoms in total. The maximum Gasteiger partial charge on any atom is 0.230 e. The van der Waals surface area contributed by atoms with Crippen molar-refractivity contribution in [3.63, 3.8) is 0 Å². The highest BCUT2D eigenvalue weighted by Crippen LogP contribution is 2.31. The Kier molecular flexibility index (Phi) is 3.35. The third kappa shape index (κ3) is 2.42. The molecule has 2 aromatic rings. The van der Waals surface area contributed by atoms with Gasteiger partial charge in [-0.25, -0.2) is 0 Å². The summed E-state index contributed by atoms with van der Waals surface area (Å²) in [6.45, 7) is 0. The summed E-state index contributed by atoms with van der Waals surface area (Å²) < 4.78 is 5.43. The van der Waals surface area contributed by atoms with E-state index in [9.17, 15) is 0 Å². The molecule has 94 valence electrons. The average molecular weight is 243 g/mol. The van der Waals surface area contributed by atoms with Crippen molar-refractivity contribution in [2.45, 2.75) is 44.4 Å². The van der Waals surface area contributed by atoms with Crippen LogP contribution in [0.15, 0.2) is 29.0 Å². The Balaban J connectivity index is 1.80. The predicted octanol–water partition coefficient (Wildman–Crippen LogP) is 3.57. The fraction of sp³-hybridized carbons (Fsp3) is 0.500. The number of nitrogens with zero attached hydrogens (tertiary/aromatic N) is 3. The first-order valence-electron chi connectivity index (χ1n) is 6.67. The van der Waals surface area contributed by atoms with Gasteiger partial charge in [0.25, 0.3) is 0 Å². The van der Waals surface area contributed by atoms with Crippen LogP contribution in [0.5, 0.6) is 0 Å². The molecule has 1 saturated carbocycles. The first kappa shape index (κ1) is 11.4. The molecule has 0 bridgehead atoms. The van der Waals surface area contributed by atoms with Gasteiger partial charge in [-0.1, -0.05) is 30.8 Å². The third-order valence-electron chi connectivity index (χ3n) is 3.57. The summed E-state index contributed by atoms with van der Waals surface area (Å²) in [6.07, 6.45) is 11.1. The molecule has 0 aromatic carbocycles. The van der Waals surface area contributed by atoms with Gasteiger partial charge in [0.1, 0.15) is 0 Å². The van der Waals surface area contributed by atoms with E-state index in [2.05, 4.69) is 15.1 Å². The Morgan fingerprint density at radius 3 is 2.67 bits per heavy atom. The Bertz CT molecular complexity index is 487. The zero-order valence-electron chi connectivity index (χ0n) is 10.4. The summed E-state index contributed by atoms with van der Waals surface area (Å²) in [5, 5.41) is 4.07. The lowest BCUT2D eigenvalue weighted by atomic mass is 10.0. The van der Waals surface area contributed by atoms with Crippen LogP contribution in [0.2, 0.25) is 0 Å². The van der Waals surface area contributed by atoms with E-state index >= 15 is 0 Å². The van der Waals surface area contributed by atoms with Crippen LogP contribution in [0.1, 0.15) is 50.3 Å². The van der Waals surface area contributed by atoms with Gasteiger partial charge in [-0.3, -0.25) is 4.98 Å². The molecule has 4 heteroatoms. The van der Waals surface area contributed by atoms with Gasteiger partial charge < -0.3 is 4.52 Å². The summed E-state index contributed by atoms with van der Waals surface area (Å²) >= 11 is 0.